The van der Waals surface area contributed by atoms with Gasteiger partial charge in [0.1, 0.15) is 11.8 Å². The molecule has 9 nitrogen and oxygen atoms in total. The number of aryl methyl sites for hydroxylation is 1. The van der Waals surface area contributed by atoms with Crippen molar-refractivity contribution in [1.82, 2.24) is 10.2 Å². The van der Waals surface area contributed by atoms with E-state index >= 15 is 0 Å². The first kappa shape index (κ1) is 22.0. The molecule has 0 aromatic heterocycles. The van der Waals surface area contributed by atoms with E-state index in [0.717, 1.165) is 11.3 Å². The average Bonchev–Trinajstić information content (AvgIpc) is 3.37. The van der Waals surface area contributed by atoms with E-state index in [4.69, 9.17) is 18.9 Å². The third-order valence-electron chi connectivity index (χ3n) is 5.17. The van der Waals surface area contributed by atoms with Gasteiger partial charge in [-0.3, -0.25) is 9.59 Å². The molecule has 0 unspecified atom stereocenters. The van der Waals surface area contributed by atoms with E-state index in [9.17, 15) is 14.4 Å². The fourth-order valence-electron chi connectivity index (χ4n) is 3.58. The topological polar surface area (TPSA) is 103 Å². The zero-order valence-electron chi connectivity index (χ0n) is 17.3. The van der Waals surface area contributed by atoms with Crippen molar-refractivity contribution in [2.45, 2.75) is 38.0 Å². The zero-order chi connectivity index (χ0) is 21.6. The Balaban J connectivity index is 1.41. The number of likely N-dealkylation sites (tertiary alicyclic amines) is 1. The monoisotopic (exact) mass is 420 g/mol. The Bertz CT molecular complexity index is 759. The van der Waals surface area contributed by atoms with Crippen LogP contribution in [0.5, 0.6) is 5.75 Å². The second kappa shape index (κ2) is 9.90. The number of carbonyl (C=O) groups excluding carboxylic acids is 3. The first-order valence-corrected chi connectivity index (χ1v) is 10.0. The summed E-state index contributed by atoms with van der Waals surface area (Å²) in [4.78, 5) is 38.1. The van der Waals surface area contributed by atoms with Crippen LogP contribution in [0.15, 0.2) is 24.3 Å². The van der Waals surface area contributed by atoms with Gasteiger partial charge in [0.2, 0.25) is 11.8 Å². The number of rotatable bonds is 8. The average molecular weight is 420 g/mol. The second-order valence-corrected chi connectivity index (χ2v) is 7.41. The van der Waals surface area contributed by atoms with Crippen molar-refractivity contribution >= 4 is 17.8 Å². The molecule has 2 aliphatic rings. The molecule has 1 N–H and O–H groups in total. The molecule has 9 heteroatoms. The highest BCUT2D eigenvalue weighted by atomic mass is 16.7. The van der Waals surface area contributed by atoms with E-state index < -0.39 is 17.8 Å². The minimum atomic E-state index is -0.966. The first-order chi connectivity index (χ1) is 14.4. The summed E-state index contributed by atoms with van der Waals surface area (Å²) in [5.74, 6) is -1.38. The standard InChI is InChI=1S/C21H28N2O7/c1-15-5-7-16(8-6-15)28-9-3-4-18(24)22-13-19(25)23-14-21(29-10-11-30-21)12-17(23)20(26)27-2/h5-8,17H,3-4,9-14H2,1-2H3,(H,22,24)/t17-/m0/s1. The van der Waals surface area contributed by atoms with Crippen LogP contribution in [-0.2, 0) is 28.6 Å². The summed E-state index contributed by atoms with van der Waals surface area (Å²) in [5.41, 5.74) is 1.15. The third-order valence-corrected chi connectivity index (χ3v) is 5.17. The van der Waals surface area contributed by atoms with Crippen molar-refractivity contribution in [1.29, 1.82) is 0 Å². The van der Waals surface area contributed by atoms with Crippen LogP contribution in [-0.4, -0.2) is 74.5 Å². The van der Waals surface area contributed by atoms with Crippen LogP contribution in [0.2, 0.25) is 0 Å². The Morgan fingerprint density at radius 2 is 1.90 bits per heavy atom. The molecule has 0 radical (unpaired) electrons. The van der Waals surface area contributed by atoms with Crippen LogP contribution in [0.3, 0.4) is 0 Å². The minimum Gasteiger partial charge on any atom is -0.494 e. The number of benzene rings is 1. The molecule has 1 aromatic carbocycles. The van der Waals surface area contributed by atoms with Crippen LogP contribution < -0.4 is 10.1 Å². The number of ether oxygens (including phenoxy) is 4. The number of amides is 2. The molecular formula is C21H28N2O7. The van der Waals surface area contributed by atoms with Crippen molar-refractivity contribution in [2.75, 3.05) is 40.0 Å². The van der Waals surface area contributed by atoms with Gasteiger partial charge < -0.3 is 29.2 Å². The van der Waals surface area contributed by atoms with E-state index in [1.54, 1.807) is 0 Å². The smallest absolute Gasteiger partial charge is 0.328 e. The molecule has 2 saturated heterocycles. The molecule has 1 spiro atoms. The lowest BCUT2D eigenvalue weighted by molar-refractivity contribution is -0.152. The highest BCUT2D eigenvalue weighted by molar-refractivity contribution is 5.89. The fraction of sp³-hybridized carbons (Fsp3) is 0.571. The zero-order valence-corrected chi connectivity index (χ0v) is 17.3. The van der Waals surface area contributed by atoms with E-state index in [1.165, 1.54) is 12.0 Å². The highest BCUT2D eigenvalue weighted by Gasteiger charge is 2.52. The van der Waals surface area contributed by atoms with Gasteiger partial charge in [-0.1, -0.05) is 17.7 Å². The van der Waals surface area contributed by atoms with Gasteiger partial charge >= 0.3 is 5.97 Å². The van der Waals surface area contributed by atoms with Gasteiger partial charge in [-0.15, -0.1) is 0 Å². The summed E-state index contributed by atoms with van der Waals surface area (Å²) in [5, 5.41) is 2.60. The number of esters is 1. The molecule has 2 heterocycles. The predicted octanol–water partition coefficient (Wildman–Crippen LogP) is 0.787. The van der Waals surface area contributed by atoms with Crippen molar-refractivity contribution in [3.05, 3.63) is 29.8 Å². The molecule has 0 bridgehead atoms. The van der Waals surface area contributed by atoms with Gasteiger partial charge in [0.25, 0.3) is 0 Å². The summed E-state index contributed by atoms with van der Waals surface area (Å²) in [6.45, 7) is 3.15. The lowest BCUT2D eigenvalue weighted by Crippen LogP contribution is -2.46. The van der Waals surface area contributed by atoms with Crippen molar-refractivity contribution in [3.63, 3.8) is 0 Å². The van der Waals surface area contributed by atoms with Crippen LogP contribution in [0.4, 0.5) is 0 Å². The molecule has 2 fully saturated rings. The van der Waals surface area contributed by atoms with Crippen LogP contribution >= 0.6 is 0 Å². The molecule has 164 valence electrons. The van der Waals surface area contributed by atoms with Gasteiger partial charge in [0.15, 0.2) is 5.79 Å². The van der Waals surface area contributed by atoms with Crippen LogP contribution in [0.1, 0.15) is 24.8 Å². The quantitative estimate of drug-likeness (QED) is 0.490. The van der Waals surface area contributed by atoms with E-state index in [1.807, 2.05) is 31.2 Å². The maximum absolute atomic E-state index is 12.6. The Hall–Kier alpha value is -2.65. The van der Waals surface area contributed by atoms with Gasteiger partial charge in [0.05, 0.1) is 40.0 Å². The lowest BCUT2D eigenvalue weighted by atomic mass is 10.1. The summed E-state index contributed by atoms with van der Waals surface area (Å²) in [6, 6.07) is 6.89. The number of hydrogen-bond acceptors (Lipinski definition) is 7. The Kier molecular flexibility index (Phi) is 7.28. The molecule has 0 saturated carbocycles. The maximum Gasteiger partial charge on any atom is 0.328 e. The summed E-state index contributed by atoms with van der Waals surface area (Å²) in [7, 11) is 1.27. The number of methoxy groups -OCH3 is 1. The molecule has 1 aromatic rings. The Labute approximate surface area is 175 Å². The largest absolute Gasteiger partial charge is 0.494 e. The number of hydrogen-bond donors (Lipinski definition) is 1. The number of carbonyl (C=O) groups is 3. The summed E-state index contributed by atoms with van der Waals surface area (Å²) < 4.78 is 21.6. The first-order valence-electron chi connectivity index (χ1n) is 10.0. The molecule has 2 amide bonds. The van der Waals surface area contributed by atoms with E-state index in [0.29, 0.717) is 26.2 Å². The molecule has 1 atom stereocenters. The second-order valence-electron chi connectivity index (χ2n) is 7.41. The SMILES string of the molecule is COC(=O)[C@@H]1CC2(CN1C(=O)CNC(=O)CCCOc1ccc(C)cc1)OCCO2. The van der Waals surface area contributed by atoms with E-state index in [-0.39, 0.29) is 37.7 Å². The number of nitrogens with zero attached hydrogens (tertiary/aromatic N) is 1. The summed E-state index contributed by atoms with van der Waals surface area (Å²) in [6.07, 6.45) is 0.971. The van der Waals surface area contributed by atoms with Crippen molar-refractivity contribution < 1.29 is 33.3 Å². The van der Waals surface area contributed by atoms with Gasteiger partial charge in [-0.2, -0.15) is 0 Å². The number of nitrogens with one attached hydrogen (secondary N) is 1. The molecule has 0 aliphatic carbocycles. The lowest BCUT2D eigenvalue weighted by Gasteiger charge is -2.23. The summed E-state index contributed by atoms with van der Waals surface area (Å²) >= 11 is 0. The van der Waals surface area contributed by atoms with Crippen LogP contribution in [0.25, 0.3) is 0 Å². The van der Waals surface area contributed by atoms with Gasteiger partial charge in [0, 0.05) is 12.8 Å². The molecule has 2 aliphatic heterocycles. The molecule has 30 heavy (non-hydrogen) atoms. The minimum absolute atomic E-state index is 0.131. The Morgan fingerprint density at radius 1 is 1.20 bits per heavy atom. The predicted molar refractivity (Wildman–Crippen MR) is 106 cm³/mol. The van der Waals surface area contributed by atoms with Crippen LogP contribution in [0, 0.1) is 6.92 Å². The maximum atomic E-state index is 12.6. The van der Waals surface area contributed by atoms with Crippen molar-refractivity contribution in [3.8, 4) is 5.75 Å². The normalized spacial score (nSPS) is 19.7. The van der Waals surface area contributed by atoms with Gasteiger partial charge in [-0.25, -0.2) is 4.79 Å². The highest BCUT2D eigenvalue weighted by Crippen LogP contribution is 2.35. The Morgan fingerprint density at radius 3 is 2.57 bits per heavy atom. The molecular weight excluding hydrogens is 392 g/mol. The third kappa shape index (κ3) is 5.48. The fourth-order valence-corrected chi connectivity index (χ4v) is 3.58. The molecule has 3 rings (SSSR count). The van der Waals surface area contributed by atoms with Gasteiger partial charge in [-0.05, 0) is 25.5 Å². The van der Waals surface area contributed by atoms with Crippen molar-refractivity contribution in [2.24, 2.45) is 0 Å². The van der Waals surface area contributed by atoms with E-state index in [2.05, 4.69) is 5.32 Å².